The summed E-state index contributed by atoms with van der Waals surface area (Å²) in [6, 6.07) is 23.3. The van der Waals surface area contributed by atoms with Gasteiger partial charge in [0.1, 0.15) is 12.4 Å². The molecule has 0 bridgehead atoms. The number of carbonyl (C=O) groups excluding carboxylic acids is 2. The predicted molar refractivity (Wildman–Crippen MR) is 135 cm³/mol. The lowest BCUT2D eigenvalue weighted by Crippen LogP contribution is -2.32. The van der Waals surface area contributed by atoms with Crippen LogP contribution >= 0.6 is 11.8 Å². The first-order chi connectivity index (χ1) is 17.0. The molecule has 2 amide bonds. The molecule has 4 aromatic rings. The fraction of sp³-hybridized carbons (Fsp3) is 0.0769. The summed E-state index contributed by atoms with van der Waals surface area (Å²) in [7, 11) is 0. The molecule has 3 aromatic carbocycles. The summed E-state index contributed by atoms with van der Waals surface area (Å²) in [6.07, 6.45) is 3.36. The Morgan fingerprint density at radius 3 is 2.63 bits per heavy atom. The number of amides is 2. The zero-order valence-electron chi connectivity index (χ0n) is 18.4. The van der Waals surface area contributed by atoms with Gasteiger partial charge in [0.05, 0.1) is 22.1 Å². The fourth-order valence-electron chi connectivity index (χ4n) is 3.90. The number of nitro groups is 1. The Kier molecular flexibility index (Phi) is 6.07. The maximum Gasteiger partial charge on any atom is 0.293 e. The van der Waals surface area contributed by atoms with E-state index in [1.807, 2.05) is 42.5 Å². The second kappa shape index (κ2) is 9.47. The lowest BCUT2D eigenvalue weighted by Gasteiger charge is -2.14. The quantitative estimate of drug-likeness (QED) is 0.191. The highest BCUT2D eigenvalue weighted by atomic mass is 32.2. The number of nitrogens with zero attached hydrogens (tertiary/aromatic N) is 3. The minimum Gasteiger partial charge on any atom is -0.491 e. The van der Waals surface area contributed by atoms with Gasteiger partial charge in [0.25, 0.3) is 16.8 Å². The molecule has 0 aliphatic carbocycles. The number of imide groups is 1. The molecule has 1 aliphatic heterocycles. The monoisotopic (exact) mass is 485 g/mol. The van der Waals surface area contributed by atoms with Crippen LogP contribution in [0.3, 0.4) is 0 Å². The number of rotatable bonds is 7. The second-order valence-electron chi connectivity index (χ2n) is 7.74. The van der Waals surface area contributed by atoms with Gasteiger partial charge >= 0.3 is 0 Å². The summed E-state index contributed by atoms with van der Waals surface area (Å²) in [6.45, 7) is 0.292. The fourth-order valence-corrected chi connectivity index (χ4v) is 4.75. The van der Waals surface area contributed by atoms with E-state index in [0.717, 1.165) is 22.5 Å². The van der Waals surface area contributed by atoms with Crippen LogP contribution in [-0.4, -0.2) is 38.7 Å². The maximum atomic E-state index is 12.9. The van der Waals surface area contributed by atoms with Gasteiger partial charge < -0.3 is 9.30 Å². The van der Waals surface area contributed by atoms with Crippen LogP contribution in [0.4, 0.5) is 10.5 Å². The number of fused-ring (bicyclic) bond motifs is 1. The van der Waals surface area contributed by atoms with E-state index in [1.54, 1.807) is 41.1 Å². The van der Waals surface area contributed by atoms with Crippen LogP contribution in [0.2, 0.25) is 0 Å². The van der Waals surface area contributed by atoms with Crippen molar-refractivity contribution in [1.29, 1.82) is 0 Å². The van der Waals surface area contributed by atoms with Gasteiger partial charge in [0.2, 0.25) is 0 Å². The van der Waals surface area contributed by atoms with Crippen molar-refractivity contribution in [2.75, 3.05) is 13.2 Å². The van der Waals surface area contributed by atoms with Gasteiger partial charge in [0.15, 0.2) is 0 Å². The molecule has 174 valence electrons. The van der Waals surface area contributed by atoms with Crippen molar-refractivity contribution >= 4 is 45.4 Å². The van der Waals surface area contributed by atoms with Crippen molar-refractivity contribution in [3.63, 3.8) is 0 Å². The number of non-ortho nitro benzene ring substituents is 1. The molecule has 9 heteroatoms. The van der Waals surface area contributed by atoms with Crippen molar-refractivity contribution in [3.8, 4) is 11.4 Å². The van der Waals surface area contributed by atoms with Crippen LogP contribution in [0.5, 0.6) is 5.75 Å². The molecule has 0 radical (unpaired) electrons. The van der Waals surface area contributed by atoms with E-state index in [0.29, 0.717) is 17.1 Å². The van der Waals surface area contributed by atoms with Crippen molar-refractivity contribution in [2.24, 2.45) is 0 Å². The lowest BCUT2D eigenvalue weighted by atomic mass is 10.1. The van der Waals surface area contributed by atoms with Crippen LogP contribution in [0.1, 0.15) is 5.69 Å². The smallest absolute Gasteiger partial charge is 0.293 e. The first-order valence-corrected chi connectivity index (χ1v) is 11.6. The molecule has 1 fully saturated rings. The average Bonchev–Trinajstić information content (AvgIpc) is 3.44. The second-order valence-corrected chi connectivity index (χ2v) is 8.73. The highest BCUT2D eigenvalue weighted by Crippen LogP contribution is 2.33. The molecule has 8 nitrogen and oxygen atoms in total. The molecule has 0 N–H and O–H groups in total. The number of carbonyl (C=O) groups is 2. The Labute approximate surface area is 204 Å². The highest BCUT2D eigenvalue weighted by Gasteiger charge is 2.35. The molecule has 1 aliphatic rings. The summed E-state index contributed by atoms with van der Waals surface area (Å²) >= 11 is 0.862. The van der Waals surface area contributed by atoms with E-state index in [9.17, 15) is 19.7 Å². The van der Waals surface area contributed by atoms with Crippen LogP contribution in [0, 0.1) is 10.1 Å². The number of nitro benzene ring substituents is 1. The van der Waals surface area contributed by atoms with Crippen LogP contribution in [-0.2, 0) is 4.79 Å². The average molecular weight is 486 g/mol. The molecule has 0 spiro atoms. The van der Waals surface area contributed by atoms with E-state index < -0.39 is 10.8 Å². The van der Waals surface area contributed by atoms with Gasteiger partial charge in [-0.3, -0.25) is 24.6 Å². The summed E-state index contributed by atoms with van der Waals surface area (Å²) in [4.78, 5) is 37.6. The van der Waals surface area contributed by atoms with Crippen LogP contribution < -0.4 is 4.74 Å². The van der Waals surface area contributed by atoms with Crippen molar-refractivity contribution in [1.82, 2.24) is 9.47 Å². The van der Waals surface area contributed by atoms with E-state index in [-0.39, 0.29) is 29.0 Å². The van der Waals surface area contributed by atoms with E-state index in [2.05, 4.69) is 0 Å². The number of aromatic nitrogens is 1. The zero-order valence-corrected chi connectivity index (χ0v) is 19.2. The predicted octanol–water partition coefficient (Wildman–Crippen LogP) is 5.65. The van der Waals surface area contributed by atoms with E-state index >= 15 is 0 Å². The molecule has 0 atom stereocenters. The molecule has 1 aromatic heterocycles. The molecular weight excluding hydrogens is 466 g/mol. The van der Waals surface area contributed by atoms with Gasteiger partial charge in [-0.25, -0.2) is 0 Å². The first kappa shape index (κ1) is 22.4. The summed E-state index contributed by atoms with van der Waals surface area (Å²) in [5.74, 6) is 0.300. The van der Waals surface area contributed by atoms with Crippen LogP contribution in [0.25, 0.3) is 22.5 Å². The minimum absolute atomic E-state index is 0.0336. The number of benzene rings is 3. The molecule has 2 heterocycles. The van der Waals surface area contributed by atoms with Gasteiger partial charge in [0, 0.05) is 29.4 Å². The third kappa shape index (κ3) is 4.53. The molecule has 0 unspecified atom stereocenters. The summed E-state index contributed by atoms with van der Waals surface area (Å²) < 4.78 is 7.62. The molecule has 5 rings (SSSR count). The Morgan fingerprint density at radius 1 is 0.971 bits per heavy atom. The molecular formula is C26H19N3O5S. The normalized spacial score (nSPS) is 14.7. The van der Waals surface area contributed by atoms with Crippen molar-refractivity contribution in [3.05, 3.63) is 106 Å². The standard InChI is InChI=1S/C26H19N3O5S/c30-25-24(17-20-10-5-13-27(20)19-8-4-9-21(16-19)29(32)33)35-26(31)28(25)14-15-34-23-12-3-7-18-6-1-2-11-22(18)23/h1-13,16-17H,14-15H2/b24-17-. The van der Waals surface area contributed by atoms with Crippen molar-refractivity contribution in [2.45, 2.75) is 0 Å². The Bertz CT molecular complexity index is 1490. The number of thioether (sulfide) groups is 1. The van der Waals surface area contributed by atoms with Gasteiger partial charge in [-0.2, -0.15) is 0 Å². The Morgan fingerprint density at radius 2 is 1.77 bits per heavy atom. The molecule has 1 saturated heterocycles. The highest BCUT2D eigenvalue weighted by molar-refractivity contribution is 8.18. The number of hydrogen-bond donors (Lipinski definition) is 0. The maximum absolute atomic E-state index is 12.9. The Hall–Kier alpha value is -4.37. The number of ether oxygens (including phenoxy) is 1. The third-order valence-corrected chi connectivity index (χ3v) is 6.48. The topological polar surface area (TPSA) is 94.7 Å². The minimum atomic E-state index is -0.460. The third-order valence-electron chi connectivity index (χ3n) is 5.57. The van der Waals surface area contributed by atoms with Gasteiger partial charge in [-0.15, -0.1) is 0 Å². The van der Waals surface area contributed by atoms with Crippen LogP contribution in [0.15, 0.2) is 90.0 Å². The van der Waals surface area contributed by atoms with Gasteiger partial charge in [-0.1, -0.05) is 42.5 Å². The largest absolute Gasteiger partial charge is 0.491 e. The number of hydrogen-bond acceptors (Lipinski definition) is 6. The summed E-state index contributed by atoms with van der Waals surface area (Å²) in [5.41, 5.74) is 1.18. The SMILES string of the molecule is O=C1S/C(=C\c2cccn2-c2cccc([N+](=O)[O-])c2)C(=O)N1CCOc1cccc2ccccc12. The first-order valence-electron chi connectivity index (χ1n) is 10.8. The van der Waals surface area contributed by atoms with E-state index in [1.165, 1.54) is 17.0 Å². The molecule has 35 heavy (non-hydrogen) atoms. The summed E-state index contributed by atoms with van der Waals surface area (Å²) in [5, 5.41) is 12.8. The van der Waals surface area contributed by atoms with Gasteiger partial charge in [-0.05, 0) is 47.5 Å². The Balaban J connectivity index is 1.31. The zero-order chi connectivity index (χ0) is 24.4. The lowest BCUT2D eigenvalue weighted by molar-refractivity contribution is -0.384. The van der Waals surface area contributed by atoms with E-state index in [4.69, 9.17) is 4.74 Å². The van der Waals surface area contributed by atoms with Crippen molar-refractivity contribution < 1.29 is 19.2 Å². The molecule has 0 saturated carbocycles.